The molecule has 0 aliphatic rings. The average Bonchev–Trinajstić information content (AvgIpc) is 2.76. The summed E-state index contributed by atoms with van der Waals surface area (Å²) in [6.07, 6.45) is 2.46. The van der Waals surface area contributed by atoms with E-state index in [0.29, 0.717) is 27.7 Å². The summed E-state index contributed by atoms with van der Waals surface area (Å²) < 4.78 is 5.69. The smallest absolute Gasteiger partial charge is 0.196 e. The molecular weight excluding hydrogens is 283 g/mol. The number of hydrogen-bond donors (Lipinski definition) is 1. The zero-order valence-corrected chi connectivity index (χ0v) is 12.4. The molecule has 0 spiro atoms. The van der Waals surface area contributed by atoms with Crippen LogP contribution < -0.4 is 5.32 Å². The lowest BCUT2D eigenvalue weighted by Gasteiger charge is -2.05. The first-order valence-corrected chi connectivity index (χ1v) is 6.95. The molecule has 0 atom stereocenters. The van der Waals surface area contributed by atoms with Gasteiger partial charge in [-0.25, -0.2) is 4.98 Å². The summed E-state index contributed by atoms with van der Waals surface area (Å²) in [5, 5.41) is 4.49. The molecule has 19 heavy (non-hydrogen) atoms. The third-order valence-corrected chi connectivity index (χ3v) is 3.03. The summed E-state index contributed by atoms with van der Waals surface area (Å²) in [5.74, 6) is 1.39. The van der Waals surface area contributed by atoms with Crippen molar-refractivity contribution in [3.05, 3.63) is 40.3 Å². The number of hydrogen-bond acceptors (Lipinski definition) is 3. The molecule has 0 unspecified atom stereocenters. The fourth-order valence-electron chi connectivity index (χ4n) is 1.72. The molecule has 0 saturated heterocycles. The van der Waals surface area contributed by atoms with Crippen molar-refractivity contribution in [3.8, 4) is 11.3 Å². The third-order valence-electron chi connectivity index (χ3n) is 2.59. The number of halogens is 2. The van der Waals surface area contributed by atoms with Crippen molar-refractivity contribution in [3.63, 3.8) is 0 Å². The summed E-state index contributed by atoms with van der Waals surface area (Å²) in [6, 6.07) is 5.77. The molecule has 0 bridgehead atoms. The molecular formula is C14H16Cl2N2O. The Balaban J connectivity index is 2.07. The molecule has 3 nitrogen and oxygen atoms in total. The lowest BCUT2D eigenvalue weighted by atomic mass is 10.2. The highest BCUT2D eigenvalue weighted by molar-refractivity contribution is 6.35. The van der Waals surface area contributed by atoms with E-state index in [2.05, 4.69) is 24.1 Å². The van der Waals surface area contributed by atoms with Crippen molar-refractivity contribution in [1.29, 1.82) is 0 Å². The van der Waals surface area contributed by atoms with E-state index in [-0.39, 0.29) is 0 Å². The van der Waals surface area contributed by atoms with Crippen molar-refractivity contribution in [1.82, 2.24) is 10.3 Å². The molecule has 0 fully saturated rings. The molecule has 2 rings (SSSR count). The van der Waals surface area contributed by atoms with Crippen LogP contribution in [-0.4, -0.2) is 17.6 Å². The Hall–Kier alpha value is -1.03. The van der Waals surface area contributed by atoms with E-state index < -0.39 is 0 Å². The van der Waals surface area contributed by atoms with Gasteiger partial charge in [0.05, 0.1) is 6.20 Å². The second-order valence-electron chi connectivity index (χ2n) is 4.64. The van der Waals surface area contributed by atoms with Gasteiger partial charge in [-0.15, -0.1) is 0 Å². The molecule has 0 radical (unpaired) electrons. The van der Waals surface area contributed by atoms with E-state index in [1.54, 1.807) is 12.3 Å². The van der Waals surface area contributed by atoms with Crippen molar-refractivity contribution in [2.75, 3.05) is 6.54 Å². The van der Waals surface area contributed by atoms with Crippen LogP contribution in [0.5, 0.6) is 0 Å². The van der Waals surface area contributed by atoms with Gasteiger partial charge in [0.1, 0.15) is 0 Å². The molecule has 0 amide bonds. The van der Waals surface area contributed by atoms with Crippen LogP contribution in [-0.2, 0) is 6.42 Å². The van der Waals surface area contributed by atoms with Crippen LogP contribution in [0.3, 0.4) is 0 Å². The number of nitrogens with zero attached hydrogens (tertiary/aromatic N) is 1. The van der Waals surface area contributed by atoms with E-state index in [1.807, 2.05) is 12.1 Å². The molecule has 102 valence electrons. The summed E-state index contributed by atoms with van der Waals surface area (Å²) in [7, 11) is 0. The van der Waals surface area contributed by atoms with Crippen molar-refractivity contribution < 1.29 is 4.42 Å². The van der Waals surface area contributed by atoms with E-state index in [1.165, 1.54) is 0 Å². The highest BCUT2D eigenvalue weighted by Gasteiger charge is 2.08. The zero-order chi connectivity index (χ0) is 13.8. The fourth-order valence-corrected chi connectivity index (χ4v) is 2.25. The lowest BCUT2D eigenvalue weighted by Crippen LogP contribution is -2.24. The molecule has 1 heterocycles. The number of oxazole rings is 1. The Kier molecular flexibility index (Phi) is 4.86. The van der Waals surface area contributed by atoms with Crippen LogP contribution in [0.1, 0.15) is 19.7 Å². The monoisotopic (exact) mass is 298 g/mol. The van der Waals surface area contributed by atoms with Crippen LogP contribution in [0, 0.1) is 0 Å². The van der Waals surface area contributed by atoms with Crippen LogP contribution in [0.2, 0.25) is 10.0 Å². The van der Waals surface area contributed by atoms with Gasteiger partial charge in [-0.05, 0) is 18.2 Å². The van der Waals surface area contributed by atoms with E-state index in [0.717, 1.165) is 18.5 Å². The van der Waals surface area contributed by atoms with Crippen LogP contribution >= 0.6 is 23.2 Å². The van der Waals surface area contributed by atoms with Gasteiger partial charge in [0.15, 0.2) is 11.7 Å². The predicted octanol–water partition coefficient (Wildman–Crippen LogP) is 4.19. The first kappa shape index (κ1) is 14.4. The quantitative estimate of drug-likeness (QED) is 0.899. The molecule has 0 aliphatic carbocycles. The number of benzene rings is 1. The average molecular weight is 299 g/mol. The van der Waals surface area contributed by atoms with E-state index in [4.69, 9.17) is 27.6 Å². The number of rotatable bonds is 5. The van der Waals surface area contributed by atoms with Crippen LogP contribution in [0.25, 0.3) is 11.3 Å². The van der Waals surface area contributed by atoms with Gasteiger partial charge in [-0.2, -0.15) is 0 Å². The molecule has 1 N–H and O–H groups in total. The molecule has 0 saturated carbocycles. The third kappa shape index (κ3) is 4.23. The maximum absolute atomic E-state index is 5.97. The molecule has 2 aromatic rings. The van der Waals surface area contributed by atoms with Crippen molar-refractivity contribution >= 4 is 23.2 Å². The lowest BCUT2D eigenvalue weighted by molar-refractivity contribution is 0.484. The predicted molar refractivity (Wildman–Crippen MR) is 78.8 cm³/mol. The Morgan fingerprint density at radius 2 is 1.89 bits per heavy atom. The minimum absolute atomic E-state index is 0.459. The van der Waals surface area contributed by atoms with E-state index >= 15 is 0 Å². The Morgan fingerprint density at radius 1 is 1.21 bits per heavy atom. The van der Waals surface area contributed by atoms with Crippen molar-refractivity contribution in [2.24, 2.45) is 0 Å². The number of nitrogens with one attached hydrogen (secondary N) is 1. The fraction of sp³-hybridized carbons (Fsp3) is 0.357. The number of aromatic nitrogens is 1. The molecule has 5 heteroatoms. The topological polar surface area (TPSA) is 38.1 Å². The van der Waals surface area contributed by atoms with Gasteiger partial charge in [0.2, 0.25) is 0 Å². The van der Waals surface area contributed by atoms with Crippen LogP contribution in [0.4, 0.5) is 0 Å². The normalized spacial score (nSPS) is 11.2. The van der Waals surface area contributed by atoms with Gasteiger partial charge in [0, 0.05) is 34.6 Å². The van der Waals surface area contributed by atoms with Crippen LogP contribution in [0.15, 0.2) is 28.8 Å². The Bertz CT molecular complexity index is 532. The van der Waals surface area contributed by atoms with Gasteiger partial charge in [0.25, 0.3) is 0 Å². The SMILES string of the molecule is CC(C)NCCc1ncc(-c2cc(Cl)cc(Cl)c2)o1. The summed E-state index contributed by atoms with van der Waals surface area (Å²) in [4.78, 5) is 4.26. The highest BCUT2D eigenvalue weighted by Crippen LogP contribution is 2.27. The minimum Gasteiger partial charge on any atom is -0.441 e. The minimum atomic E-state index is 0.459. The van der Waals surface area contributed by atoms with Gasteiger partial charge >= 0.3 is 0 Å². The van der Waals surface area contributed by atoms with Crippen molar-refractivity contribution in [2.45, 2.75) is 26.3 Å². The van der Waals surface area contributed by atoms with Gasteiger partial charge in [-0.3, -0.25) is 0 Å². The summed E-state index contributed by atoms with van der Waals surface area (Å²) >= 11 is 11.9. The Morgan fingerprint density at radius 3 is 2.53 bits per heavy atom. The standard InChI is InChI=1S/C14H16Cl2N2O/c1-9(2)17-4-3-14-18-8-13(19-14)10-5-11(15)7-12(16)6-10/h5-9,17H,3-4H2,1-2H3. The second-order valence-corrected chi connectivity index (χ2v) is 5.51. The largest absolute Gasteiger partial charge is 0.441 e. The van der Waals surface area contributed by atoms with Gasteiger partial charge < -0.3 is 9.73 Å². The van der Waals surface area contributed by atoms with Gasteiger partial charge in [-0.1, -0.05) is 37.0 Å². The Labute approximate surface area is 122 Å². The summed E-state index contributed by atoms with van der Waals surface area (Å²) in [6.45, 7) is 5.05. The second kappa shape index (κ2) is 6.42. The maximum Gasteiger partial charge on any atom is 0.196 e. The maximum atomic E-state index is 5.97. The first-order valence-electron chi connectivity index (χ1n) is 6.19. The summed E-state index contributed by atoms with van der Waals surface area (Å²) in [5.41, 5.74) is 0.841. The highest BCUT2D eigenvalue weighted by atomic mass is 35.5. The first-order chi connectivity index (χ1) is 9.04. The van der Waals surface area contributed by atoms with E-state index in [9.17, 15) is 0 Å². The molecule has 0 aliphatic heterocycles. The zero-order valence-electron chi connectivity index (χ0n) is 10.9. The molecule has 1 aromatic heterocycles. The molecule has 1 aromatic carbocycles.